The van der Waals surface area contributed by atoms with E-state index in [1.807, 2.05) is 0 Å². The highest BCUT2D eigenvalue weighted by molar-refractivity contribution is 6.00. The summed E-state index contributed by atoms with van der Waals surface area (Å²) in [7, 11) is 0. The summed E-state index contributed by atoms with van der Waals surface area (Å²) in [4.78, 5) is 11.9. The van der Waals surface area contributed by atoms with Gasteiger partial charge in [-0.2, -0.15) is 5.10 Å². The number of nitrogens with zero attached hydrogens (tertiary/aromatic N) is 1. The molecular weight excluding hydrogens is 230 g/mol. The van der Waals surface area contributed by atoms with Crippen LogP contribution in [0.15, 0.2) is 18.3 Å². The molecule has 94 valence electrons. The highest BCUT2D eigenvalue weighted by Gasteiger charge is 2.21. The Hall–Kier alpha value is -2.04. The molecule has 0 atom stereocenters. The number of nitrogen functional groups attached to an aromatic ring is 1. The maximum atomic E-state index is 11.9. The molecule has 0 unspecified atom stereocenters. The van der Waals surface area contributed by atoms with Gasteiger partial charge in [-0.1, -0.05) is 12.8 Å². The van der Waals surface area contributed by atoms with Gasteiger partial charge in [0.2, 0.25) is 0 Å². The van der Waals surface area contributed by atoms with Crippen LogP contribution < -0.4 is 5.73 Å². The van der Waals surface area contributed by atoms with Gasteiger partial charge in [-0.15, -0.1) is 0 Å². The van der Waals surface area contributed by atoms with Crippen molar-refractivity contribution in [3.05, 3.63) is 23.9 Å². The van der Waals surface area contributed by atoms with Crippen molar-refractivity contribution in [2.24, 2.45) is 5.92 Å². The molecule has 1 aliphatic carbocycles. The van der Waals surface area contributed by atoms with Gasteiger partial charge in [0.15, 0.2) is 0 Å². The number of nitrogens with one attached hydrogen (secondary N) is 1. The third-order valence-corrected chi connectivity index (χ3v) is 3.29. The Morgan fingerprint density at radius 1 is 1.50 bits per heavy atom. The smallest absolute Gasteiger partial charge is 0.340 e. The van der Waals surface area contributed by atoms with E-state index in [0.717, 1.165) is 23.2 Å². The van der Waals surface area contributed by atoms with E-state index in [1.165, 1.54) is 12.8 Å². The van der Waals surface area contributed by atoms with Gasteiger partial charge in [0.1, 0.15) is 0 Å². The third-order valence-electron chi connectivity index (χ3n) is 3.29. The molecule has 1 heterocycles. The molecule has 0 radical (unpaired) electrons. The monoisotopic (exact) mass is 245 g/mol. The second kappa shape index (κ2) is 4.33. The third kappa shape index (κ3) is 2.16. The molecule has 0 saturated heterocycles. The lowest BCUT2D eigenvalue weighted by Gasteiger charge is -2.06. The molecule has 0 aliphatic heterocycles. The zero-order chi connectivity index (χ0) is 12.5. The highest BCUT2D eigenvalue weighted by atomic mass is 16.5. The maximum absolute atomic E-state index is 11.9. The first-order valence-corrected chi connectivity index (χ1v) is 6.14. The SMILES string of the molecule is Nc1cc2cn[nH]c2cc1C(=O)OCCC1CC1. The van der Waals surface area contributed by atoms with E-state index in [0.29, 0.717) is 17.9 Å². The van der Waals surface area contributed by atoms with E-state index in [9.17, 15) is 4.79 Å². The molecule has 0 spiro atoms. The Labute approximate surface area is 104 Å². The molecule has 2 aromatic rings. The zero-order valence-electron chi connectivity index (χ0n) is 9.98. The number of esters is 1. The Morgan fingerprint density at radius 3 is 3.11 bits per heavy atom. The number of aromatic nitrogens is 2. The molecule has 5 heteroatoms. The van der Waals surface area contributed by atoms with Crippen molar-refractivity contribution in [3.8, 4) is 0 Å². The number of ether oxygens (including phenoxy) is 1. The van der Waals surface area contributed by atoms with Crippen LogP contribution in [0, 0.1) is 5.92 Å². The van der Waals surface area contributed by atoms with Crippen molar-refractivity contribution in [1.29, 1.82) is 0 Å². The fourth-order valence-electron chi connectivity index (χ4n) is 1.99. The summed E-state index contributed by atoms with van der Waals surface area (Å²) in [5, 5.41) is 7.61. The normalized spacial score (nSPS) is 14.9. The van der Waals surface area contributed by atoms with Crippen LogP contribution >= 0.6 is 0 Å². The summed E-state index contributed by atoms with van der Waals surface area (Å²) < 4.78 is 5.23. The van der Waals surface area contributed by atoms with Crippen molar-refractivity contribution in [1.82, 2.24) is 10.2 Å². The molecule has 1 saturated carbocycles. The van der Waals surface area contributed by atoms with Gasteiger partial charge in [-0.25, -0.2) is 4.79 Å². The quantitative estimate of drug-likeness (QED) is 0.638. The number of hydrogen-bond acceptors (Lipinski definition) is 4. The van der Waals surface area contributed by atoms with E-state index >= 15 is 0 Å². The number of fused-ring (bicyclic) bond motifs is 1. The van der Waals surface area contributed by atoms with Crippen molar-refractivity contribution in [3.63, 3.8) is 0 Å². The van der Waals surface area contributed by atoms with E-state index < -0.39 is 0 Å². The molecule has 1 aliphatic rings. The van der Waals surface area contributed by atoms with Crippen LogP contribution in [0.2, 0.25) is 0 Å². The van der Waals surface area contributed by atoms with Gasteiger partial charge in [-0.05, 0) is 24.5 Å². The average molecular weight is 245 g/mol. The number of rotatable bonds is 4. The summed E-state index contributed by atoms with van der Waals surface area (Å²) in [6.07, 6.45) is 5.16. The molecule has 3 rings (SSSR count). The number of hydrogen-bond donors (Lipinski definition) is 2. The lowest BCUT2D eigenvalue weighted by atomic mass is 10.1. The summed E-state index contributed by atoms with van der Waals surface area (Å²) in [6.45, 7) is 0.476. The van der Waals surface area contributed by atoms with Crippen LogP contribution in [0.1, 0.15) is 29.6 Å². The molecule has 0 bridgehead atoms. The van der Waals surface area contributed by atoms with Crippen LogP contribution in [-0.2, 0) is 4.74 Å². The molecule has 0 amide bonds. The van der Waals surface area contributed by atoms with Crippen LogP contribution in [0.25, 0.3) is 10.9 Å². The molecular formula is C13H15N3O2. The Kier molecular flexibility index (Phi) is 2.66. The average Bonchev–Trinajstić information content (AvgIpc) is 3.05. The zero-order valence-corrected chi connectivity index (χ0v) is 9.98. The lowest BCUT2D eigenvalue weighted by molar-refractivity contribution is 0.0496. The summed E-state index contributed by atoms with van der Waals surface area (Å²) in [5.74, 6) is 0.398. The van der Waals surface area contributed by atoms with Gasteiger partial charge in [0, 0.05) is 11.1 Å². The number of carbonyl (C=O) groups is 1. The first-order valence-electron chi connectivity index (χ1n) is 6.14. The van der Waals surface area contributed by atoms with Crippen LogP contribution in [-0.4, -0.2) is 22.8 Å². The minimum absolute atomic E-state index is 0.357. The largest absolute Gasteiger partial charge is 0.462 e. The summed E-state index contributed by atoms with van der Waals surface area (Å²) >= 11 is 0. The maximum Gasteiger partial charge on any atom is 0.340 e. The van der Waals surface area contributed by atoms with Crippen molar-refractivity contribution in [2.45, 2.75) is 19.3 Å². The van der Waals surface area contributed by atoms with E-state index in [1.54, 1.807) is 18.3 Å². The minimum Gasteiger partial charge on any atom is -0.462 e. The van der Waals surface area contributed by atoms with Gasteiger partial charge in [-0.3, -0.25) is 5.10 Å². The number of nitrogens with two attached hydrogens (primary N) is 1. The molecule has 1 fully saturated rings. The number of carbonyl (C=O) groups excluding carboxylic acids is 1. The molecule has 1 aromatic carbocycles. The topological polar surface area (TPSA) is 81.0 Å². The fraction of sp³-hybridized carbons (Fsp3) is 0.385. The van der Waals surface area contributed by atoms with Crippen LogP contribution in [0.4, 0.5) is 5.69 Å². The van der Waals surface area contributed by atoms with Crippen LogP contribution in [0.3, 0.4) is 0 Å². The molecule has 5 nitrogen and oxygen atoms in total. The highest BCUT2D eigenvalue weighted by Crippen LogP contribution is 2.32. The predicted molar refractivity (Wildman–Crippen MR) is 68.1 cm³/mol. The van der Waals surface area contributed by atoms with Crippen molar-refractivity contribution >= 4 is 22.6 Å². The molecule has 18 heavy (non-hydrogen) atoms. The Bertz CT molecular complexity index is 587. The van der Waals surface area contributed by atoms with Gasteiger partial charge in [0.25, 0.3) is 0 Å². The van der Waals surface area contributed by atoms with E-state index in [2.05, 4.69) is 10.2 Å². The van der Waals surface area contributed by atoms with Gasteiger partial charge >= 0.3 is 5.97 Å². The Balaban J connectivity index is 1.74. The predicted octanol–water partition coefficient (Wildman–Crippen LogP) is 2.10. The van der Waals surface area contributed by atoms with E-state index in [4.69, 9.17) is 10.5 Å². The van der Waals surface area contributed by atoms with Gasteiger partial charge in [0.05, 0.1) is 23.9 Å². The van der Waals surface area contributed by atoms with E-state index in [-0.39, 0.29) is 5.97 Å². The van der Waals surface area contributed by atoms with Crippen molar-refractivity contribution in [2.75, 3.05) is 12.3 Å². The standard InChI is InChI=1S/C13H15N3O2/c14-11-5-9-7-15-16-12(9)6-10(11)13(17)18-4-3-8-1-2-8/h5-8H,1-4,14H2,(H,15,16). The molecule has 3 N–H and O–H groups in total. The number of H-pyrrole nitrogens is 1. The summed E-state index contributed by atoms with van der Waals surface area (Å²) in [6, 6.07) is 3.42. The second-order valence-corrected chi connectivity index (χ2v) is 4.76. The Morgan fingerprint density at radius 2 is 2.33 bits per heavy atom. The van der Waals surface area contributed by atoms with Crippen molar-refractivity contribution < 1.29 is 9.53 Å². The first-order chi connectivity index (χ1) is 8.74. The first kappa shape index (κ1) is 11.1. The second-order valence-electron chi connectivity index (χ2n) is 4.76. The summed E-state index contributed by atoms with van der Waals surface area (Å²) in [5.41, 5.74) is 7.47. The van der Waals surface area contributed by atoms with Crippen LogP contribution in [0.5, 0.6) is 0 Å². The number of benzene rings is 1. The fourth-order valence-corrected chi connectivity index (χ4v) is 1.99. The number of aromatic amines is 1. The molecule has 1 aromatic heterocycles. The van der Waals surface area contributed by atoms with Gasteiger partial charge < -0.3 is 10.5 Å². The lowest BCUT2D eigenvalue weighted by Crippen LogP contribution is -2.09. The number of anilines is 1. The minimum atomic E-state index is -0.357.